The second-order valence-corrected chi connectivity index (χ2v) is 15.1. The van der Waals surface area contributed by atoms with E-state index in [9.17, 15) is 19.5 Å². The van der Waals surface area contributed by atoms with Crippen LogP contribution >= 0.6 is 22.7 Å². The van der Waals surface area contributed by atoms with E-state index in [-0.39, 0.29) is 18.9 Å². The average Bonchev–Trinajstić information content (AvgIpc) is 3.70. The zero-order valence-corrected chi connectivity index (χ0v) is 29.2. The van der Waals surface area contributed by atoms with Crippen LogP contribution in [0.1, 0.15) is 83.3 Å². The number of piperidine rings is 2. The molecule has 47 heavy (non-hydrogen) atoms. The zero-order chi connectivity index (χ0) is 34.2. The highest BCUT2D eigenvalue weighted by atomic mass is 32.1. The molecule has 2 aliphatic rings. The molecule has 0 aliphatic carbocycles. The number of aliphatic carboxylic acids is 2. The van der Waals surface area contributed by atoms with E-state index in [1.165, 1.54) is 27.6 Å². The monoisotopic (exact) mass is 682 g/mol. The summed E-state index contributed by atoms with van der Waals surface area (Å²) in [5.74, 6) is -1.41. The molecule has 1 amide bonds. The first-order chi connectivity index (χ1) is 22.3. The molecule has 254 valence electrons. The molecule has 4 heterocycles. The van der Waals surface area contributed by atoms with Gasteiger partial charge < -0.3 is 30.3 Å². The zero-order valence-electron chi connectivity index (χ0n) is 27.5. The largest absolute Gasteiger partial charge is 0.481 e. The van der Waals surface area contributed by atoms with Crippen LogP contribution in [0.2, 0.25) is 0 Å². The number of carbonyl (C=O) groups is 3. The Morgan fingerprint density at radius 3 is 2.06 bits per heavy atom. The lowest BCUT2D eigenvalue weighted by Gasteiger charge is -2.39. The minimum atomic E-state index is -1.08. The maximum absolute atomic E-state index is 12.2. The molecule has 4 N–H and O–H groups in total. The van der Waals surface area contributed by atoms with Crippen LogP contribution in [0.25, 0.3) is 20.2 Å². The number of amides is 1. The van der Waals surface area contributed by atoms with E-state index >= 15 is 0 Å². The fourth-order valence-corrected chi connectivity index (χ4v) is 7.69. The second kappa shape index (κ2) is 16.1. The number of carboxylic acid groups (broad SMARTS) is 2. The van der Waals surface area contributed by atoms with E-state index in [1.807, 2.05) is 49.6 Å². The van der Waals surface area contributed by atoms with Crippen LogP contribution in [0.3, 0.4) is 0 Å². The summed E-state index contributed by atoms with van der Waals surface area (Å²) in [6.45, 7) is 10.1. The van der Waals surface area contributed by atoms with Gasteiger partial charge in [0, 0.05) is 28.5 Å². The van der Waals surface area contributed by atoms with Gasteiger partial charge >= 0.3 is 18.0 Å². The third-order valence-electron chi connectivity index (χ3n) is 8.39. The van der Waals surface area contributed by atoms with E-state index in [0.717, 1.165) is 23.4 Å². The summed E-state index contributed by atoms with van der Waals surface area (Å²) in [4.78, 5) is 33.1. The maximum Gasteiger partial charge on any atom is 0.410 e. The summed E-state index contributed by atoms with van der Waals surface area (Å²) in [7, 11) is 0. The summed E-state index contributed by atoms with van der Waals surface area (Å²) in [6.07, 6.45) is 2.72. The van der Waals surface area contributed by atoms with E-state index in [0.29, 0.717) is 32.0 Å². The van der Waals surface area contributed by atoms with Gasteiger partial charge in [-0.05, 0) is 123 Å². The predicted octanol–water partition coefficient (Wildman–Crippen LogP) is 7.81. The molecule has 0 bridgehead atoms. The molecule has 2 aliphatic heterocycles. The minimum absolute atomic E-state index is 0.296. The van der Waals surface area contributed by atoms with Gasteiger partial charge in [-0.2, -0.15) is 0 Å². The van der Waals surface area contributed by atoms with Crippen molar-refractivity contribution in [2.45, 2.75) is 89.4 Å². The lowest BCUT2D eigenvalue weighted by Crippen LogP contribution is -2.46. The number of nitrogens with one attached hydrogen (secondary N) is 1. The lowest BCUT2D eigenvalue weighted by molar-refractivity contribution is -0.143. The van der Waals surface area contributed by atoms with Crippen molar-refractivity contribution in [3.05, 3.63) is 70.4 Å². The summed E-state index contributed by atoms with van der Waals surface area (Å²) in [6, 6.07) is 17.8. The molecule has 9 nitrogen and oxygen atoms in total. The summed E-state index contributed by atoms with van der Waals surface area (Å²) >= 11 is 3.53. The highest BCUT2D eigenvalue weighted by molar-refractivity contribution is 7.17. The highest BCUT2D eigenvalue weighted by Gasteiger charge is 2.37. The summed E-state index contributed by atoms with van der Waals surface area (Å²) < 4.78 is 8.04. The Morgan fingerprint density at radius 2 is 1.49 bits per heavy atom. The predicted molar refractivity (Wildman–Crippen MR) is 189 cm³/mol. The number of thiophene rings is 2. The number of nitrogens with zero attached hydrogens (tertiary/aromatic N) is 1. The number of hydrogen-bond donors (Lipinski definition) is 4. The number of benzene rings is 2. The molecule has 2 atom stereocenters. The third-order valence-corrected chi connectivity index (χ3v) is 10.1. The van der Waals surface area contributed by atoms with E-state index in [4.69, 9.17) is 14.9 Å². The molecule has 0 spiro atoms. The van der Waals surface area contributed by atoms with Crippen molar-refractivity contribution in [1.29, 1.82) is 0 Å². The van der Waals surface area contributed by atoms with Gasteiger partial charge in [0.25, 0.3) is 0 Å². The molecule has 11 heteroatoms. The number of fused-ring (bicyclic) bond motifs is 2. The van der Waals surface area contributed by atoms with Crippen molar-refractivity contribution in [3.8, 4) is 0 Å². The molecule has 6 rings (SSSR count). The first-order valence-electron chi connectivity index (χ1n) is 16.1. The van der Waals surface area contributed by atoms with Crippen LogP contribution in [-0.4, -0.2) is 69.5 Å². The van der Waals surface area contributed by atoms with Crippen LogP contribution in [0, 0.1) is 0 Å². The van der Waals surface area contributed by atoms with Gasteiger partial charge in [0.1, 0.15) is 5.60 Å². The standard InChI is InChI=1S/C18H23NO3S.C14H17NS.C4H6O4/c1-17(2,3)22-16(20)19-10-8-18(21,9-11-19)14-5-4-6-15-13(14)7-12-23-15;1-10-9-11(5-7-15-10)12-3-2-4-14-13(12)6-8-16-14;5-3(6)1-2-4(7)8/h4-7,12,21H,8-11H2,1-3H3;2-4,6,8,10-11,15H,5,7,9H2,1H3;1-2H2,(H,5,6)(H,7,8)/t;10-,11+;/m.0./s1. The van der Waals surface area contributed by atoms with Crippen molar-refractivity contribution in [2.75, 3.05) is 19.6 Å². The Morgan fingerprint density at radius 1 is 0.915 bits per heavy atom. The fraction of sp³-hybridized carbons (Fsp3) is 0.472. The smallest absolute Gasteiger partial charge is 0.410 e. The van der Waals surface area contributed by atoms with Crippen LogP contribution in [0.5, 0.6) is 0 Å². The number of likely N-dealkylation sites (tertiary alicyclic amines) is 1. The number of ether oxygens (including phenoxy) is 1. The third kappa shape index (κ3) is 10.2. The van der Waals surface area contributed by atoms with Crippen LogP contribution < -0.4 is 5.32 Å². The molecule has 2 aromatic carbocycles. The molecular formula is C36H46N2O7S2. The van der Waals surface area contributed by atoms with Gasteiger partial charge in [-0.25, -0.2) is 4.79 Å². The van der Waals surface area contributed by atoms with Crippen molar-refractivity contribution in [2.24, 2.45) is 0 Å². The molecule has 0 unspecified atom stereocenters. The number of hydrogen-bond acceptors (Lipinski definition) is 8. The number of rotatable bonds is 5. The number of carboxylic acids is 2. The first kappa shape index (κ1) is 36.3. The SMILES string of the molecule is CC(C)(C)OC(=O)N1CCC(O)(c2cccc3sccc23)CC1.C[C@H]1C[C@H](c2cccc3sccc23)CCN1.O=C(O)CCC(=O)O. The van der Waals surface area contributed by atoms with Gasteiger partial charge in [0.15, 0.2) is 0 Å². The molecule has 2 aromatic heterocycles. The van der Waals surface area contributed by atoms with Gasteiger partial charge in [0.05, 0.1) is 18.4 Å². The van der Waals surface area contributed by atoms with Crippen LogP contribution in [0.15, 0.2) is 59.3 Å². The van der Waals surface area contributed by atoms with E-state index in [1.54, 1.807) is 21.8 Å². The molecular weight excluding hydrogens is 637 g/mol. The van der Waals surface area contributed by atoms with Crippen LogP contribution in [0.4, 0.5) is 4.79 Å². The van der Waals surface area contributed by atoms with Gasteiger partial charge in [0.2, 0.25) is 0 Å². The Bertz CT molecular complexity index is 1640. The normalized spacial score (nSPS) is 19.2. The van der Waals surface area contributed by atoms with Crippen molar-refractivity contribution < 1.29 is 34.4 Å². The lowest BCUT2D eigenvalue weighted by atomic mass is 9.83. The number of aliphatic hydroxyl groups is 1. The topological polar surface area (TPSA) is 136 Å². The van der Waals surface area contributed by atoms with Gasteiger partial charge in [-0.1, -0.05) is 24.3 Å². The quantitative estimate of drug-likeness (QED) is 0.167. The molecule has 2 fully saturated rings. The summed E-state index contributed by atoms with van der Waals surface area (Å²) in [5.41, 5.74) is 1.17. The van der Waals surface area contributed by atoms with E-state index in [2.05, 4.69) is 54.0 Å². The first-order valence-corrected chi connectivity index (χ1v) is 17.8. The van der Waals surface area contributed by atoms with E-state index < -0.39 is 23.1 Å². The minimum Gasteiger partial charge on any atom is -0.481 e. The second-order valence-electron chi connectivity index (χ2n) is 13.2. The Kier molecular flexibility index (Phi) is 12.4. The van der Waals surface area contributed by atoms with Crippen LogP contribution in [-0.2, 0) is 19.9 Å². The Labute approximate surface area is 284 Å². The maximum atomic E-state index is 12.2. The highest BCUT2D eigenvalue weighted by Crippen LogP contribution is 2.39. The Hall–Kier alpha value is -3.51. The average molecular weight is 683 g/mol. The van der Waals surface area contributed by atoms with Crippen molar-refractivity contribution in [3.63, 3.8) is 0 Å². The molecule has 0 saturated carbocycles. The Balaban J connectivity index is 0.000000180. The fourth-order valence-electron chi connectivity index (χ4n) is 6.06. The van der Waals surface area contributed by atoms with Crippen molar-refractivity contribution >= 4 is 60.9 Å². The molecule has 4 aromatic rings. The van der Waals surface area contributed by atoms with Crippen molar-refractivity contribution in [1.82, 2.24) is 10.2 Å². The van der Waals surface area contributed by atoms with Gasteiger partial charge in [-0.15, -0.1) is 22.7 Å². The van der Waals surface area contributed by atoms with Gasteiger partial charge in [-0.3, -0.25) is 9.59 Å². The number of carbonyl (C=O) groups excluding carboxylic acids is 1. The molecule has 0 radical (unpaired) electrons. The summed E-state index contributed by atoms with van der Waals surface area (Å²) in [5, 5.41) is 37.3. The molecule has 2 saturated heterocycles.